The van der Waals surface area contributed by atoms with Gasteiger partial charge in [0, 0.05) is 0 Å². The number of thiophene rings is 1. The maximum absolute atomic E-state index is 12.6. The molecule has 2 aromatic heterocycles. The molecule has 0 saturated carbocycles. The lowest BCUT2D eigenvalue weighted by atomic mass is 10.1. The van der Waals surface area contributed by atoms with E-state index in [9.17, 15) is 19.2 Å². The van der Waals surface area contributed by atoms with Crippen LogP contribution < -0.4 is 0 Å². The number of amides is 2. The smallest absolute Gasteiger partial charge is 0.338 e. The molecule has 0 atom stereocenters. The van der Waals surface area contributed by atoms with Crippen LogP contribution in [-0.4, -0.2) is 35.1 Å². The van der Waals surface area contributed by atoms with Crippen molar-refractivity contribution >= 4 is 34.9 Å². The molecule has 0 aliphatic carbocycles. The molecule has 0 N–H and O–H groups in total. The molecule has 2 amide bonds. The number of carbonyl (C=O) groups is 4. The lowest BCUT2D eigenvalue weighted by molar-refractivity contribution is 0.0475. The molecule has 7 nitrogen and oxygen atoms in total. The van der Waals surface area contributed by atoms with E-state index in [0.717, 1.165) is 4.90 Å². The molecule has 140 valence electrons. The van der Waals surface area contributed by atoms with Gasteiger partial charge in [0.25, 0.3) is 11.8 Å². The number of carbonyl (C=O) groups excluding carboxylic acids is 4. The Morgan fingerprint density at radius 2 is 1.86 bits per heavy atom. The number of hydrogen-bond donors (Lipinski definition) is 0. The second kappa shape index (κ2) is 7.24. The molecule has 1 aliphatic rings. The van der Waals surface area contributed by atoms with Gasteiger partial charge in [-0.25, -0.2) is 4.79 Å². The first-order chi connectivity index (χ1) is 13.5. The van der Waals surface area contributed by atoms with Gasteiger partial charge < -0.3 is 9.15 Å². The van der Waals surface area contributed by atoms with Gasteiger partial charge in [0.15, 0.2) is 6.61 Å². The first kappa shape index (κ1) is 17.9. The minimum Gasteiger partial charge on any atom is -0.467 e. The molecule has 0 unspecified atom stereocenters. The van der Waals surface area contributed by atoms with Crippen molar-refractivity contribution in [2.24, 2.45) is 0 Å². The molecular weight excluding hydrogens is 382 g/mol. The second-order valence-corrected chi connectivity index (χ2v) is 6.96. The van der Waals surface area contributed by atoms with Crippen LogP contribution in [0.25, 0.3) is 0 Å². The Morgan fingerprint density at radius 3 is 2.57 bits per heavy atom. The average molecular weight is 395 g/mol. The van der Waals surface area contributed by atoms with Gasteiger partial charge in [-0.15, -0.1) is 11.3 Å². The predicted octanol–water partition coefficient (Wildman–Crippen LogP) is 3.18. The minimum atomic E-state index is -0.738. The average Bonchev–Trinajstić information content (AvgIpc) is 3.45. The van der Waals surface area contributed by atoms with E-state index < -0.39 is 24.4 Å². The Kier molecular flexibility index (Phi) is 4.62. The number of hydrogen-bond acceptors (Lipinski definition) is 7. The van der Waals surface area contributed by atoms with E-state index in [1.54, 1.807) is 29.6 Å². The summed E-state index contributed by atoms with van der Waals surface area (Å²) < 4.78 is 10.2. The van der Waals surface area contributed by atoms with E-state index in [4.69, 9.17) is 9.15 Å². The van der Waals surface area contributed by atoms with Gasteiger partial charge in [0.05, 0.1) is 34.4 Å². The van der Waals surface area contributed by atoms with Crippen molar-refractivity contribution in [2.45, 2.75) is 6.54 Å². The van der Waals surface area contributed by atoms with Gasteiger partial charge >= 0.3 is 5.97 Å². The van der Waals surface area contributed by atoms with Gasteiger partial charge in [0.1, 0.15) is 5.76 Å². The third-order valence-electron chi connectivity index (χ3n) is 4.23. The molecule has 1 aromatic carbocycles. The fourth-order valence-electron chi connectivity index (χ4n) is 2.84. The van der Waals surface area contributed by atoms with Crippen LogP contribution in [0.15, 0.2) is 58.5 Å². The van der Waals surface area contributed by atoms with Crippen LogP contribution in [0.3, 0.4) is 0 Å². The lowest BCUT2D eigenvalue weighted by Gasteiger charge is -2.11. The zero-order chi connectivity index (χ0) is 19.7. The fourth-order valence-corrected chi connectivity index (χ4v) is 3.49. The van der Waals surface area contributed by atoms with E-state index in [2.05, 4.69) is 0 Å². The maximum atomic E-state index is 12.6. The van der Waals surface area contributed by atoms with E-state index in [1.165, 1.54) is 35.8 Å². The van der Waals surface area contributed by atoms with Crippen molar-refractivity contribution in [2.75, 3.05) is 6.61 Å². The summed E-state index contributed by atoms with van der Waals surface area (Å²) >= 11 is 1.26. The van der Waals surface area contributed by atoms with Gasteiger partial charge in [-0.1, -0.05) is 6.07 Å². The summed E-state index contributed by atoms with van der Waals surface area (Å²) in [5.74, 6) is -1.54. The minimum absolute atomic E-state index is 0.00837. The van der Waals surface area contributed by atoms with Crippen molar-refractivity contribution < 1.29 is 28.3 Å². The quantitative estimate of drug-likeness (QED) is 0.361. The molecule has 28 heavy (non-hydrogen) atoms. The first-order valence-corrected chi connectivity index (χ1v) is 9.19. The number of ether oxygens (including phenoxy) is 1. The van der Waals surface area contributed by atoms with Crippen LogP contribution in [0.1, 0.15) is 46.5 Å². The highest BCUT2D eigenvalue weighted by molar-refractivity contribution is 7.12. The summed E-state index contributed by atoms with van der Waals surface area (Å²) in [4.78, 5) is 50.8. The standard InChI is InChI=1S/C20H13NO6S/c22-16(17-4-2-8-28-17)11-27-20(25)12-5-6-14-15(9-12)19(24)21(18(14)23)10-13-3-1-7-26-13/h1-9H,10-11H2. The van der Waals surface area contributed by atoms with E-state index in [-0.39, 0.29) is 29.0 Å². The van der Waals surface area contributed by atoms with Gasteiger partial charge in [-0.2, -0.15) is 0 Å². The number of nitrogens with zero attached hydrogens (tertiary/aromatic N) is 1. The molecule has 1 aliphatic heterocycles. The van der Waals surface area contributed by atoms with E-state index >= 15 is 0 Å². The summed E-state index contributed by atoms with van der Waals surface area (Å²) in [6.07, 6.45) is 1.46. The summed E-state index contributed by atoms with van der Waals surface area (Å²) in [5, 5.41) is 1.76. The zero-order valence-corrected chi connectivity index (χ0v) is 15.2. The monoisotopic (exact) mass is 395 g/mol. The van der Waals surface area contributed by atoms with Crippen LogP contribution in [0.4, 0.5) is 0 Å². The highest BCUT2D eigenvalue weighted by Gasteiger charge is 2.36. The van der Waals surface area contributed by atoms with Crippen LogP contribution in [-0.2, 0) is 11.3 Å². The summed E-state index contributed by atoms with van der Waals surface area (Å²) in [6.45, 7) is -0.387. The van der Waals surface area contributed by atoms with Gasteiger partial charge in [-0.05, 0) is 41.8 Å². The van der Waals surface area contributed by atoms with Crippen LogP contribution >= 0.6 is 11.3 Å². The Morgan fingerprint density at radius 1 is 1.04 bits per heavy atom. The number of fused-ring (bicyclic) bond motifs is 1. The van der Waals surface area contributed by atoms with Crippen LogP contribution in [0, 0.1) is 0 Å². The summed E-state index contributed by atoms with van der Waals surface area (Å²) in [5.41, 5.74) is 0.428. The second-order valence-electron chi connectivity index (χ2n) is 6.01. The van der Waals surface area contributed by atoms with E-state index in [1.807, 2.05) is 0 Å². The molecular formula is C20H13NO6S. The highest BCUT2D eigenvalue weighted by Crippen LogP contribution is 2.26. The third kappa shape index (κ3) is 3.25. The molecule has 0 spiro atoms. The van der Waals surface area contributed by atoms with Crippen molar-refractivity contribution in [3.8, 4) is 0 Å². The van der Waals surface area contributed by atoms with Gasteiger partial charge in [0.2, 0.25) is 5.78 Å². The van der Waals surface area contributed by atoms with Crippen LogP contribution in [0.2, 0.25) is 0 Å². The molecule has 0 fully saturated rings. The molecule has 4 rings (SSSR count). The maximum Gasteiger partial charge on any atom is 0.338 e. The lowest BCUT2D eigenvalue weighted by Crippen LogP contribution is -2.28. The molecule has 3 heterocycles. The van der Waals surface area contributed by atoms with Crippen LogP contribution in [0.5, 0.6) is 0 Å². The summed E-state index contributed by atoms with van der Waals surface area (Å²) in [7, 11) is 0. The SMILES string of the molecule is O=C(OCC(=O)c1cccs1)c1ccc2c(c1)C(=O)N(Cc1ccco1)C2=O. The van der Waals surface area contributed by atoms with E-state index in [0.29, 0.717) is 10.6 Å². The molecule has 0 radical (unpaired) electrons. The number of rotatable bonds is 6. The Balaban J connectivity index is 1.48. The Bertz CT molecular complexity index is 1070. The number of ketones is 1. The number of benzene rings is 1. The van der Waals surface area contributed by atoms with Gasteiger partial charge in [-0.3, -0.25) is 19.3 Å². The number of furan rings is 1. The molecule has 0 saturated heterocycles. The largest absolute Gasteiger partial charge is 0.467 e. The molecule has 3 aromatic rings. The topological polar surface area (TPSA) is 93.9 Å². The number of imide groups is 1. The zero-order valence-electron chi connectivity index (χ0n) is 14.4. The third-order valence-corrected chi connectivity index (χ3v) is 5.14. The summed E-state index contributed by atoms with van der Waals surface area (Å²) in [6, 6.07) is 10.8. The number of esters is 1. The van der Waals surface area contributed by atoms with Crippen molar-refractivity contribution in [1.82, 2.24) is 4.90 Å². The Labute approximate surface area is 163 Å². The predicted molar refractivity (Wildman–Crippen MR) is 98.3 cm³/mol. The van der Waals surface area contributed by atoms with Crippen molar-refractivity contribution in [1.29, 1.82) is 0 Å². The molecule has 0 bridgehead atoms. The normalized spacial score (nSPS) is 12.9. The molecule has 8 heteroatoms. The first-order valence-electron chi connectivity index (χ1n) is 8.31. The fraction of sp³-hybridized carbons (Fsp3) is 0.100. The number of Topliss-reactive ketones (excluding diaryl/α,β-unsaturated/α-hetero) is 1. The van der Waals surface area contributed by atoms with Crippen molar-refractivity contribution in [3.63, 3.8) is 0 Å². The highest BCUT2D eigenvalue weighted by atomic mass is 32.1. The van der Waals surface area contributed by atoms with Crippen molar-refractivity contribution in [3.05, 3.63) is 81.4 Å². The Hall–Kier alpha value is -3.52.